The van der Waals surface area contributed by atoms with Crippen molar-refractivity contribution in [2.45, 2.75) is 12.5 Å². The van der Waals surface area contributed by atoms with E-state index in [9.17, 15) is 0 Å². The molecule has 4 rings (SSSR count). The standard InChI is InChI=1S/C19H14BrClN4/c20-15-11-22-19(23-12-15)25-18(14-4-2-1-3-5-14)10-17(24-25)13-6-8-16(21)9-7-13/h1-9,11-12,18H,10H2/t18-/m1/s1. The fourth-order valence-electron chi connectivity index (χ4n) is 2.87. The Kier molecular flexibility index (Phi) is 4.51. The van der Waals surface area contributed by atoms with Crippen LogP contribution in [-0.2, 0) is 0 Å². The average Bonchev–Trinajstić information content (AvgIpc) is 3.09. The highest BCUT2D eigenvalue weighted by Crippen LogP contribution is 2.35. The minimum absolute atomic E-state index is 0.0630. The molecule has 1 aromatic heterocycles. The molecule has 4 nitrogen and oxygen atoms in total. The first-order chi connectivity index (χ1) is 12.2. The monoisotopic (exact) mass is 412 g/mol. The van der Waals surface area contributed by atoms with E-state index in [-0.39, 0.29) is 6.04 Å². The van der Waals surface area contributed by atoms with Crippen LogP contribution in [0.4, 0.5) is 5.95 Å². The first-order valence-electron chi connectivity index (χ1n) is 7.86. The van der Waals surface area contributed by atoms with Gasteiger partial charge in [0, 0.05) is 23.8 Å². The van der Waals surface area contributed by atoms with Crippen molar-refractivity contribution < 1.29 is 0 Å². The first kappa shape index (κ1) is 16.2. The molecule has 6 heteroatoms. The van der Waals surface area contributed by atoms with Gasteiger partial charge in [0.2, 0.25) is 5.95 Å². The number of anilines is 1. The number of halogens is 2. The van der Waals surface area contributed by atoms with Gasteiger partial charge in [-0.1, -0.05) is 54.1 Å². The molecule has 0 saturated carbocycles. The van der Waals surface area contributed by atoms with Crippen LogP contribution in [-0.4, -0.2) is 15.7 Å². The number of benzene rings is 2. The Labute approximate surface area is 159 Å². The number of hydrogen-bond acceptors (Lipinski definition) is 4. The largest absolute Gasteiger partial charge is 0.246 e. The van der Waals surface area contributed by atoms with E-state index in [4.69, 9.17) is 16.7 Å². The van der Waals surface area contributed by atoms with Gasteiger partial charge in [-0.3, -0.25) is 0 Å². The summed E-state index contributed by atoms with van der Waals surface area (Å²) in [5.41, 5.74) is 3.24. The lowest BCUT2D eigenvalue weighted by Gasteiger charge is -2.21. The van der Waals surface area contributed by atoms with Gasteiger partial charge in [-0.2, -0.15) is 5.10 Å². The summed E-state index contributed by atoms with van der Waals surface area (Å²) in [4.78, 5) is 8.84. The molecule has 0 amide bonds. The molecular weight excluding hydrogens is 400 g/mol. The van der Waals surface area contributed by atoms with E-state index in [0.717, 1.165) is 27.2 Å². The molecule has 0 aliphatic carbocycles. The summed E-state index contributed by atoms with van der Waals surface area (Å²) >= 11 is 9.39. The van der Waals surface area contributed by atoms with Gasteiger partial charge in [0.05, 0.1) is 16.2 Å². The number of rotatable bonds is 3. The number of aromatic nitrogens is 2. The Bertz CT molecular complexity index is 895. The van der Waals surface area contributed by atoms with E-state index in [1.54, 1.807) is 12.4 Å². The molecule has 2 heterocycles. The molecule has 0 fully saturated rings. The number of hydrazone groups is 1. The van der Waals surface area contributed by atoms with Gasteiger partial charge in [-0.05, 0) is 39.2 Å². The Balaban J connectivity index is 1.74. The molecule has 0 unspecified atom stereocenters. The van der Waals surface area contributed by atoms with Crippen LogP contribution in [0.2, 0.25) is 5.02 Å². The summed E-state index contributed by atoms with van der Waals surface area (Å²) in [6, 6.07) is 18.1. The molecule has 1 atom stereocenters. The lowest BCUT2D eigenvalue weighted by Crippen LogP contribution is -2.20. The van der Waals surface area contributed by atoms with Crippen molar-refractivity contribution in [1.82, 2.24) is 9.97 Å². The number of hydrogen-bond donors (Lipinski definition) is 0. The Morgan fingerprint density at radius 2 is 1.64 bits per heavy atom. The molecule has 2 aromatic carbocycles. The van der Waals surface area contributed by atoms with Gasteiger partial charge < -0.3 is 0 Å². The van der Waals surface area contributed by atoms with Crippen LogP contribution in [0, 0.1) is 0 Å². The van der Waals surface area contributed by atoms with Crippen LogP contribution in [0.25, 0.3) is 0 Å². The van der Waals surface area contributed by atoms with Gasteiger partial charge in [-0.25, -0.2) is 15.0 Å². The third-order valence-corrected chi connectivity index (χ3v) is 4.75. The van der Waals surface area contributed by atoms with Gasteiger partial charge in [0.1, 0.15) is 0 Å². The molecule has 0 N–H and O–H groups in total. The second kappa shape index (κ2) is 6.94. The maximum atomic E-state index is 6.01. The zero-order valence-corrected chi connectivity index (χ0v) is 15.5. The van der Waals surface area contributed by atoms with Crippen molar-refractivity contribution in [1.29, 1.82) is 0 Å². The highest BCUT2D eigenvalue weighted by atomic mass is 79.9. The van der Waals surface area contributed by atoms with Gasteiger partial charge in [-0.15, -0.1) is 0 Å². The van der Waals surface area contributed by atoms with Crippen molar-refractivity contribution in [2.75, 3.05) is 5.01 Å². The van der Waals surface area contributed by atoms with Crippen molar-refractivity contribution in [3.63, 3.8) is 0 Å². The average molecular weight is 414 g/mol. The molecule has 25 heavy (non-hydrogen) atoms. The second-order valence-corrected chi connectivity index (χ2v) is 7.08. The van der Waals surface area contributed by atoms with E-state index in [1.165, 1.54) is 5.56 Å². The fourth-order valence-corrected chi connectivity index (χ4v) is 3.20. The molecule has 1 aliphatic heterocycles. The zero-order chi connectivity index (χ0) is 17.2. The molecule has 124 valence electrons. The van der Waals surface area contributed by atoms with E-state index in [0.29, 0.717) is 5.95 Å². The van der Waals surface area contributed by atoms with E-state index < -0.39 is 0 Å². The molecule has 0 bridgehead atoms. The third kappa shape index (κ3) is 3.43. The normalized spacial score (nSPS) is 16.8. The van der Waals surface area contributed by atoms with E-state index >= 15 is 0 Å². The smallest absolute Gasteiger partial charge is 0.223 e. The molecule has 1 aliphatic rings. The second-order valence-electron chi connectivity index (χ2n) is 5.73. The topological polar surface area (TPSA) is 41.4 Å². The quantitative estimate of drug-likeness (QED) is 0.589. The van der Waals surface area contributed by atoms with Crippen LogP contribution in [0.1, 0.15) is 23.6 Å². The van der Waals surface area contributed by atoms with E-state index in [2.05, 4.69) is 38.0 Å². The molecular formula is C19H14BrClN4. The van der Waals surface area contributed by atoms with Gasteiger partial charge >= 0.3 is 0 Å². The Morgan fingerprint density at radius 1 is 0.960 bits per heavy atom. The van der Waals surface area contributed by atoms with Gasteiger partial charge in [0.15, 0.2) is 0 Å². The van der Waals surface area contributed by atoms with Crippen LogP contribution >= 0.6 is 27.5 Å². The maximum Gasteiger partial charge on any atom is 0.246 e. The molecule has 0 saturated heterocycles. The highest BCUT2D eigenvalue weighted by Gasteiger charge is 2.31. The summed E-state index contributed by atoms with van der Waals surface area (Å²) in [6.45, 7) is 0. The van der Waals surface area contributed by atoms with Crippen molar-refractivity contribution in [2.24, 2.45) is 5.10 Å². The highest BCUT2D eigenvalue weighted by molar-refractivity contribution is 9.10. The summed E-state index contributed by atoms with van der Waals surface area (Å²) in [7, 11) is 0. The predicted molar refractivity (Wildman–Crippen MR) is 104 cm³/mol. The van der Waals surface area contributed by atoms with Crippen LogP contribution in [0.3, 0.4) is 0 Å². The first-order valence-corrected chi connectivity index (χ1v) is 9.03. The summed E-state index contributed by atoms with van der Waals surface area (Å²) < 4.78 is 0.841. The summed E-state index contributed by atoms with van der Waals surface area (Å²) in [5.74, 6) is 0.584. The van der Waals surface area contributed by atoms with Crippen LogP contribution < -0.4 is 5.01 Å². The lowest BCUT2D eigenvalue weighted by molar-refractivity contribution is 0.686. The van der Waals surface area contributed by atoms with Crippen molar-refractivity contribution in [3.8, 4) is 0 Å². The molecule has 0 spiro atoms. The van der Waals surface area contributed by atoms with Crippen molar-refractivity contribution in [3.05, 3.63) is 87.6 Å². The Hall–Kier alpha value is -2.24. The van der Waals surface area contributed by atoms with Gasteiger partial charge in [0.25, 0.3) is 0 Å². The lowest BCUT2D eigenvalue weighted by atomic mass is 9.99. The fraction of sp³-hybridized carbons (Fsp3) is 0.105. The third-order valence-electron chi connectivity index (χ3n) is 4.08. The minimum Gasteiger partial charge on any atom is -0.223 e. The Morgan fingerprint density at radius 3 is 2.32 bits per heavy atom. The van der Waals surface area contributed by atoms with Crippen LogP contribution in [0.5, 0.6) is 0 Å². The minimum atomic E-state index is 0.0630. The van der Waals surface area contributed by atoms with E-state index in [1.807, 2.05) is 47.5 Å². The van der Waals surface area contributed by atoms with Crippen molar-refractivity contribution >= 4 is 39.2 Å². The summed E-state index contributed by atoms with van der Waals surface area (Å²) in [5, 5.41) is 7.42. The molecule has 3 aromatic rings. The maximum absolute atomic E-state index is 6.01. The SMILES string of the molecule is Clc1ccc(C2=NN(c3ncc(Br)cn3)[C@@H](c3ccccc3)C2)cc1. The predicted octanol–water partition coefficient (Wildman–Crippen LogP) is 5.25. The van der Waals surface area contributed by atoms with Crippen LogP contribution in [0.15, 0.2) is 76.6 Å². The number of nitrogens with zero attached hydrogens (tertiary/aromatic N) is 4. The molecule has 0 radical (unpaired) electrons. The zero-order valence-electron chi connectivity index (χ0n) is 13.2. The summed E-state index contributed by atoms with van der Waals surface area (Å²) in [6.07, 6.45) is 4.26.